The number of nitrogens with zero attached hydrogens (tertiary/aromatic N) is 1. The molecular formula is C64H43NO. The van der Waals surface area contributed by atoms with Crippen molar-refractivity contribution >= 4 is 49.6 Å². The summed E-state index contributed by atoms with van der Waals surface area (Å²) in [6, 6.07) is 93.8. The average molecular weight is 842 g/mol. The third-order valence-electron chi connectivity index (χ3n) is 12.9. The van der Waals surface area contributed by atoms with Crippen molar-refractivity contribution < 1.29 is 4.42 Å². The van der Waals surface area contributed by atoms with Gasteiger partial charge in [-0.3, -0.25) is 0 Å². The molecule has 66 heavy (non-hydrogen) atoms. The number of furan rings is 1. The first-order valence-corrected chi connectivity index (χ1v) is 22.6. The number of fused-ring (bicyclic) bond motifs is 4. The third kappa shape index (κ3) is 7.31. The van der Waals surface area contributed by atoms with E-state index >= 15 is 0 Å². The lowest BCUT2D eigenvalue weighted by atomic mass is 9.93. The fraction of sp³-hybridized carbons (Fsp3) is 0. The van der Waals surface area contributed by atoms with Gasteiger partial charge in [-0.1, -0.05) is 194 Å². The molecular weight excluding hydrogens is 799 g/mol. The molecule has 12 rings (SSSR count). The van der Waals surface area contributed by atoms with Crippen LogP contribution in [0.5, 0.6) is 0 Å². The summed E-state index contributed by atoms with van der Waals surface area (Å²) in [6.07, 6.45) is 0. The molecule has 0 saturated carbocycles. The summed E-state index contributed by atoms with van der Waals surface area (Å²) in [6.45, 7) is 0. The first-order chi connectivity index (χ1) is 32.7. The molecule has 2 heteroatoms. The van der Waals surface area contributed by atoms with E-state index in [-0.39, 0.29) is 0 Å². The lowest BCUT2D eigenvalue weighted by molar-refractivity contribution is 0.632. The summed E-state index contributed by atoms with van der Waals surface area (Å²) < 4.78 is 6.49. The topological polar surface area (TPSA) is 16.4 Å². The number of hydrogen-bond acceptors (Lipinski definition) is 2. The zero-order valence-electron chi connectivity index (χ0n) is 36.2. The molecule has 0 unspecified atom stereocenters. The van der Waals surface area contributed by atoms with Crippen molar-refractivity contribution in [2.24, 2.45) is 0 Å². The standard InChI is InChI=1S/C64H43NO/c1-3-14-44(15-4-1)49-20-13-21-50(40-49)45-26-33-54(34-27-45)65(56-37-30-48(31-38-56)61-42-52-18-7-9-22-57(52)59-23-10-11-24-60(59)61)55-35-28-46(29-36-55)51-32-39-58(47-16-5-2-6-17-47)62(41-51)64-43-53-19-8-12-25-63(53)66-64/h1-43H. The van der Waals surface area contributed by atoms with Gasteiger partial charge in [-0.25, -0.2) is 0 Å². The molecule has 310 valence electrons. The van der Waals surface area contributed by atoms with Gasteiger partial charge >= 0.3 is 0 Å². The summed E-state index contributed by atoms with van der Waals surface area (Å²) in [7, 11) is 0. The second kappa shape index (κ2) is 16.8. The maximum absolute atomic E-state index is 6.49. The Bertz CT molecular complexity index is 3630. The smallest absolute Gasteiger partial charge is 0.136 e. The maximum atomic E-state index is 6.49. The second-order valence-corrected chi connectivity index (χ2v) is 16.9. The van der Waals surface area contributed by atoms with Crippen molar-refractivity contribution in [1.29, 1.82) is 0 Å². The van der Waals surface area contributed by atoms with Crippen molar-refractivity contribution in [2.75, 3.05) is 4.90 Å². The van der Waals surface area contributed by atoms with E-state index in [1.165, 1.54) is 54.9 Å². The molecule has 0 amide bonds. The van der Waals surface area contributed by atoms with E-state index in [1.807, 2.05) is 12.1 Å². The van der Waals surface area contributed by atoms with Crippen molar-refractivity contribution in [2.45, 2.75) is 0 Å². The van der Waals surface area contributed by atoms with E-state index < -0.39 is 0 Å². The number of hydrogen-bond donors (Lipinski definition) is 0. The zero-order chi connectivity index (χ0) is 43.8. The fourth-order valence-corrected chi connectivity index (χ4v) is 9.56. The molecule has 0 N–H and O–H groups in total. The number of benzene rings is 11. The van der Waals surface area contributed by atoms with E-state index in [0.29, 0.717) is 0 Å². The van der Waals surface area contributed by atoms with Gasteiger partial charge in [0.25, 0.3) is 0 Å². The normalized spacial score (nSPS) is 11.3. The molecule has 0 fully saturated rings. The number of para-hydroxylation sites is 1. The Kier molecular flexibility index (Phi) is 9.89. The molecule has 12 aromatic rings. The highest BCUT2D eigenvalue weighted by Gasteiger charge is 2.18. The van der Waals surface area contributed by atoms with Gasteiger partial charge < -0.3 is 9.32 Å². The predicted molar refractivity (Wildman–Crippen MR) is 279 cm³/mol. The predicted octanol–water partition coefficient (Wildman–Crippen LogP) is 18.2. The van der Waals surface area contributed by atoms with Crippen LogP contribution < -0.4 is 4.90 Å². The van der Waals surface area contributed by atoms with Crippen molar-refractivity contribution in [3.63, 3.8) is 0 Å². The minimum absolute atomic E-state index is 0.857. The first kappa shape index (κ1) is 38.9. The van der Waals surface area contributed by atoms with Crippen LogP contribution in [0.4, 0.5) is 17.1 Å². The molecule has 0 aliphatic heterocycles. The van der Waals surface area contributed by atoms with Crippen LogP contribution in [-0.4, -0.2) is 0 Å². The summed E-state index contributed by atoms with van der Waals surface area (Å²) in [5, 5.41) is 6.13. The van der Waals surface area contributed by atoms with Crippen LogP contribution in [0, 0.1) is 0 Å². The lowest BCUT2D eigenvalue weighted by Crippen LogP contribution is -2.09. The highest BCUT2D eigenvalue weighted by Crippen LogP contribution is 2.42. The molecule has 0 saturated heterocycles. The Morgan fingerprint density at radius 2 is 0.697 bits per heavy atom. The molecule has 0 atom stereocenters. The molecule has 11 aromatic carbocycles. The maximum Gasteiger partial charge on any atom is 0.136 e. The van der Waals surface area contributed by atoms with Crippen molar-refractivity contribution in [3.05, 3.63) is 261 Å². The summed E-state index contributed by atoms with van der Waals surface area (Å²) >= 11 is 0. The second-order valence-electron chi connectivity index (χ2n) is 16.9. The van der Waals surface area contributed by atoms with Crippen molar-refractivity contribution in [1.82, 2.24) is 0 Å². The molecule has 2 nitrogen and oxygen atoms in total. The van der Waals surface area contributed by atoms with E-state index in [4.69, 9.17) is 4.42 Å². The Labute approximate surface area is 384 Å². The minimum Gasteiger partial charge on any atom is -0.456 e. The monoisotopic (exact) mass is 841 g/mol. The summed E-state index contributed by atoms with van der Waals surface area (Å²) in [4.78, 5) is 2.36. The lowest BCUT2D eigenvalue weighted by Gasteiger charge is -2.26. The summed E-state index contributed by atoms with van der Waals surface area (Å²) in [5.41, 5.74) is 16.9. The van der Waals surface area contributed by atoms with Gasteiger partial charge in [0.05, 0.1) is 0 Å². The van der Waals surface area contributed by atoms with Gasteiger partial charge in [0.15, 0.2) is 0 Å². The molecule has 0 bridgehead atoms. The van der Waals surface area contributed by atoms with Gasteiger partial charge in [-0.05, 0) is 144 Å². The number of anilines is 3. The molecule has 1 heterocycles. The fourth-order valence-electron chi connectivity index (χ4n) is 9.56. The van der Waals surface area contributed by atoms with Crippen LogP contribution in [0.25, 0.3) is 99.5 Å². The van der Waals surface area contributed by atoms with Gasteiger partial charge in [0.1, 0.15) is 11.3 Å². The Balaban J connectivity index is 0.934. The molecule has 0 aliphatic carbocycles. The zero-order valence-corrected chi connectivity index (χ0v) is 36.2. The first-order valence-electron chi connectivity index (χ1n) is 22.6. The van der Waals surface area contributed by atoms with Crippen LogP contribution in [-0.2, 0) is 0 Å². The Morgan fingerprint density at radius 3 is 1.33 bits per heavy atom. The van der Waals surface area contributed by atoms with Gasteiger partial charge in [-0.15, -0.1) is 0 Å². The largest absolute Gasteiger partial charge is 0.456 e. The van der Waals surface area contributed by atoms with Crippen LogP contribution in [0.2, 0.25) is 0 Å². The third-order valence-corrected chi connectivity index (χ3v) is 12.9. The summed E-state index contributed by atoms with van der Waals surface area (Å²) in [5.74, 6) is 0.857. The van der Waals surface area contributed by atoms with E-state index in [9.17, 15) is 0 Å². The van der Waals surface area contributed by atoms with E-state index in [0.717, 1.165) is 61.6 Å². The molecule has 0 spiro atoms. The van der Waals surface area contributed by atoms with Crippen LogP contribution in [0.15, 0.2) is 265 Å². The highest BCUT2D eigenvalue weighted by atomic mass is 16.3. The van der Waals surface area contributed by atoms with E-state index in [2.05, 4.69) is 254 Å². The number of rotatable bonds is 9. The SMILES string of the molecule is c1ccc(-c2cccc(-c3ccc(N(c4ccc(-c5ccc(-c6ccccc6)c(-c6cc7ccccc7o6)c5)cc4)c4ccc(-c5cc6ccccc6c6ccccc56)cc4)cc3)c2)cc1. The Morgan fingerprint density at radius 1 is 0.242 bits per heavy atom. The van der Waals surface area contributed by atoms with Crippen LogP contribution >= 0.6 is 0 Å². The van der Waals surface area contributed by atoms with Crippen LogP contribution in [0.3, 0.4) is 0 Å². The quantitative estimate of drug-likeness (QED) is 0.135. The minimum atomic E-state index is 0.857. The van der Waals surface area contributed by atoms with Crippen LogP contribution in [0.1, 0.15) is 0 Å². The van der Waals surface area contributed by atoms with Gasteiger partial charge in [-0.2, -0.15) is 0 Å². The van der Waals surface area contributed by atoms with Gasteiger partial charge in [0, 0.05) is 28.0 Å². The average Bonchev–Trinajstić information content (AvgIpc) is 3.84. The Hall–Kier alpha value is -8.72. The molecule has 1 aromatic heterocycles. The molecule has 0 radical (unpaired) electrons. The van der Waals surface area contributed by atoms with E-state index in [1.54, 1.807) is 0 Å². The van der Waals surface area contributed by atoms with Crippen molar-refractivity contribution in [3.8, 4) is 67.0 Å². The van der Waals surface area contributed by atoms with Gasteiger partial charge in [0.2, 0.25) is 0 Å². The highest BCUT2D eigenvalue weighted by molar-refractivity contribution is 6.13. The molecule has 0 aliphatic rings.